The summed E-state index contributed by atoms with van der Waals surface area (Å²) in [5.74, 6) is -0.980. The summed E-state index contributed by atoms with van der Waals surface area (Å²) in [5.41, 5.74) is 0.248. The van der Waals surface area contributed by atoms with Crippen molar-refractivity contribution in [1.82, 2.24) is 5.32 Å². The van der Waals surface area contributed by atoms with Gasteiger partial charge in [-0.15, -0.1) is 0 Å². The summed E-state index contributed by atoms with van der Waals surface area (Å²) >= 11 is 0. The van der Waals surface area contributed by atoms with Crippen LogP contribution in [0.4, 0.5) is 0 Å². The maximum Gasteiger partial charge on any atom is 0.244 e. The van der Waals surface area contributed by atoms with Gasteiger partial charge >= 0.3 is 0 Å². The molecule has 1 aliphatic carbocycles. The number of hydrogen-bond acceptors (Lipinski definition) is 3. The Kier molecular flexibility index (Phi) is 5.11. The summed E-state index contributed by atoms with van der Waals surface area (Å²) in [6.07, 6.45) is 3.53. The standard InChI is InChI=1S/C15H24N2O2/c1-10-5-11(8-15(2,3)7-10)6-13(18)12(9-16)14(19)17-4/h10-12H,5-8H2,1-4H3,(H,17,19)/t10-,11+,12+/m0/s1. The fraction of sp³-hybridized carbons (Fsp3) is 0.800. The first-order valence-corrected chi connectivity index (χ1v) is 6.93. The Bertz CT molecular complexity index is 395. The van der Waals surface area contributed by atoms with Crippen LogP contribution in [0.2, 0.25) is 0 Å². The highest BCUT2D eigenvalue weighted by Gasteiger charge is 2.35. The molecule has 1 N–H and O–H groups in total. The van der Waals surface area contributed by atoms with Gasteiger partial charge in [0, 0.05) is 13.5 Å². The number of carbonyl (C=O) groups excluding carboxylic acids is 2. The Hall–Kier alpha value is -1.37. The van der Waals surface area contributed by atoms with Gasteiger partial charge in [0.25, 0.3) is 0 Å². The van der Waals surface area contributed by atoms with Crippen molar-refractivity contribution in [2.45, 2.75) is 46.5 Å². The lowest BCUT2D eigenvalue weighted by molar-refractivity contribution is -0.132. The van der Waals surface area contributed by atoms with E-state index in [0.717, 1.165) is 12.8 Å². The molecule has 4 nitrogen and oxygen atoms in total. The van der Waals surface area contributed by atoms with Gasteiger partial charge in [-0.2, -0.15) is 5.26 Å². The van der Waals surface area contributed by atoms with Crippen molar-refractivity contribution in [1.29, 1.82) is 5.26 Å². The lowest BCUT2D eigenvalue weighted by Gasteiger charge is -2.39. The topological polar surface area (TPSA) is 70.0 Å². The molecular weight excluding hydrogens is 240 g/mol. The Balaban J connectivity index is 2.66. The molecule has 0 bridgehead atoms. The van der Waals surface area contributed by atoms with Crippen molar-refractivity contribution in [2.75, 3.05) is 7.05 Å². The van der Waals surface area contributed by atoms with Gasteiger partial charge in [-0.05, 0) is 36.5 Å². The van der Waals surface area contributed by atoms with E-state index in [9.17, 15) is 9.59 Å². The number of carbonyl (C=O) groups is 2. The van der Waals surface area contributed by atoms with Crippen molar-refractivity contribution in [2.24, 2.45) is 23.2 Å². The number of Topliss-reactive ketones (excluding diaryl/α,β-unsaturated/α-hetero) is 1. The number of hydrogen-bond donors (Lipinski definition) is 1. The normalized spacial score (nSPS) is 27.1. The molecule has 0 aliphatic heterocycles. The number of nitrogens with zero attached hydrogens (tertiary/aromatic N) is 1. The van der Waals surface area contributed by atoms with Crippen molar-refractivity contribution in [3.05, 3.63) is 0 Å². The molecule has 0 spiro atoms. The van der Waals surface area contributed by atoms with Gasteiger partial charge in [0.05, 0.1) is 6.07 Å². The molecule has 1 rings (SSSR count). The Morgan fingerprint density at radius 1 is 1.42 bits per heavy atom. The largest absolute Gasteiger partial charge is 0.358 e. The van der Waals surface area contributed by atoms with Gasteiger partial charge in [0.2, 0.25) is 5.91 Å². The summed E-state index contributed by atoms with van der Waals surface area (Å²) in [5, 5.41) is 11.3. The molecule has 0 radical (unpaired) electrons. The first-order chi connectivity index (χ1) is 8.79. The van der Waals surface area contributed by atoms with Crippen molar-refractivity contribution in [3.63, 3.8) is 0 Å². The van der Waals surface area contributed by atoms with E-state index in [1.165, 1.54) is 13.5 Å². The molecule has 0 unspecified atom stereocenters. The minimum absolute atomic E-state index is 0.239. The molecule has 4 heteroatoms. The smallest absolute Gasteiger partial charge is 0.244 e. The summed E-state index contributed by atoms with van der Waals surface area (Å²) in [6, 6.07) is 1.81. The summed E-state index contributed by atoms with van der Waals surface area (Å²) < 4.78 is 0. The van der Waals surface area contributed by atoms with Crippen LogP contribution in [-0.2, 0) is 9.59 Å². The zero-order valence-electron chi connectivity index (χ0n) is 12.3. The summed E-state index contributed by atoms with van der Waals surface area (Å²) in [4.78, 5) is 23.5. The number of nitrogens with one attached hydrogen (secondary N) is 1. The number of amides is 1. The zero-order valence-corrected chi connectivity index (χ0v) is 12.3. The quantitative estimate of drug-likeness (QED) is 0.792. The molecule has 106 valence electrons. The maximum absolute atomic E-state index is 12.1. The molecule has 0 aromatic carbocycles. The molecule has 0 aromatic rings. The van der Waals surface area contributed by atoms with Crippen molar-refractivity contribution < 1.29 is 9.59 Å². The van der Waals surface area contributed by atoms with Crippen LogP contribution in [0.15, 0.2) is 0 Å². The number of ketones is 1. The van der Waals surface area contributed by atoms with Crippen LogP contribution in [0.3, 0.4) is 0 Å². The van der Waals surface area contributed by atoms with Crippen LogP contribution in [-0.4, -0.2) is 18.7 Å². The Labute approximate surface area is 115 Å². The van der Waals surface area contributed by atoms with Crippen LogP contribution < -0.4 is 5.32 Å². The van der Waals surface area contributed by atoms with E-state index in [2.05, 4.69) is 26.1 Å². The average molecular weight is 264 g/mol. The van der Waals surface area contributed by atoms with Crippen molar-refractivity contribution >= 4 is 11.7 Å². The van der Waals surface area contributed by atoms with E-state index in [1.54, 1.807) is 0 Å². The molecule has 3 atom stereocenters. The van der Waals surface area contributed by atoms with Gasteiger partial charge < -0.3 is 5.32 Å². The highest BCUT2D eigenvalue weighted by atomic mass is 16.2. The molecule has 19 heavy (non-hydrogen) atoms. The minimum Gasteiger partial charge on any atom is -0.358 e. The van der Waals surface area contributed by atoms with Gasteiger partial charge in [0.15, 0.2) is 11.7 Å². The zero-order chi connectivity index (χ0) is 14.6. The highest BCUT2D eigenvalue weighted by molar-refractivity contribution is 6.03. The highest BCUT2D eigenvalue weighted by Crippen LogP contribution is 2.43. The number of nitriles is 1. The van der Waals surface area contributed by atoms with Gasteiger partial charge in [-0.1, -0.05) is 20.8 Å². The molecular formula is C15H24N2O2. The monoisotopic (exact) mass is 264 g/mol. The predicted octanol–water partition coefficient (Wildman–Crippen LogP) is 2.29. The molecule has 1 aliphatic rings. The Morgan fingerprint density at radius 3 is 2.53 bits per heavy atom. The van der Waals surface area contributed by atoms with Crippen LogP contribution in [0.5, 0.6) is 0 Å². The third-order valence-corrected chi connectivity index (χ3v) is 3.93. The first-order valence-electron chi connectivity index (χ1n) is 6.93. The SMILES string of the molecule is CNC(=O)[C@H](C#N)C(=O)C[C@H]1C[C@H](C)CC(C)(C)C1. The first kappa shape index (κ1) is 15.7. The van der Waals surface area contributed by atoms with Crippen molar-refractivity contribution in [3.8, 4) is 6.07 Å². The average Bonchev–Trinajstić information content (AvgIpc) is 2.26. The second kappa shape index (κ2) is 6.18. The van der Waals surface area contributed by atoms with E-state index in [1.807, 2.05) is 6.07 Å². The third kappa shape index (κ3) is 4.34. The van der Waals surface area contributed by atoms with Crippen LogP contribution >= 0.6 is 0 Å². The lowest BCUT2D eigenvalue weighted by atomic mass is 9.66. The number of rotatable bonds is 4. The second-order valence-corrected chi connectivity index (χ2v) is 6.63. The van der Waals surface area contributed by atoms with Gasteiger partial charge in [-0.3, -0.25) is 9.59 Å². The fourth-order valence-electron chi connectivity index (χ4n) is 3.52. The lowest BCUT2D eigenvalue weighted by Crippen LogP contribution is -2.35. The third-order valence-electron chi connectivity index (χ3n) is 3.93. The van der Waals surface area contributed by atoms with E-state index >= 15 is 0 Å². The van der Waals surface area contributed by atoms with Crippen LogP contribution in [0, 0.1) is 34.5 Å². The van der Waals surface area contributed by atoms with E-state index in [-0.39, 0.29) is 11.2 Å². The molecule has 0 aromatic heterocycles. The minimum atomic E-state index is -1.15. The molecule has 1 amide bonds. The van der Waals surface area contributed by atoms with E-state index in [4.69, 9.17) is 5.26 Å². The summed E-state index contributed by atoms with van der Waals surface area (Å²) in [6.45, 7) is 6.65. The second-order valence-electron chi connectivity index (χ2n) is 6.63. The molecule has 1 fully saturated rings. The van der Waals surface area contributed by atoms with Gasteiger partial charge in [0.1, 0.15) is 0 Å². The van der Waals surface area contributed by atoms with Gasteiger partial charge in [-0.25, -0.2) is 0 Å². The van der Waals surface area contributed by atoms with Crippen LogP contribution in [0.1, 0.15) is 46.5 Å². The predicted molar refractivity (Wildman–Crippen MR) is 73.1 cm³/mol. The maximum atomic E-state index is 12.1. The van der Waals surface area contributed by atoms with E-state index in [0.29, 0.717) is 18.3 Å². The van der Waals surface area contributed by atoms with E-state index < -0.39 is 11.8 Å². The van der Waals surface area contributed by atoms with Crippen LogP contribution in [0.25, 0.3) is 0 Å². The Morgan fingerprint density at radius 2 is 2.05 bits per heavy atom. The fourth-order valence-corrected chi connectivity index (χ4v) is 3.52. The summed E-state index contributed by atoms with van der Waals surface area (Å²) in [7, 11) is 1.45. The molecule has 0 saturated heterocycles. The molecule has 1 saturated carbocycles. The molecule has 0 heterocycles.